The molecule has 3 heteroatoms. The molecule has 0 saturated heterocycles. The van der Waals surface area contributed by atoms with E-state index in [4.69, 9.17) is 4.74 Å². The topological polar surface area (TPSA) is 29.5 Å². The van der Waals surface area contributed by atoms with Gasteiger partial charge in [0.05, 0.1) is 6.61 Å². The Balaban J connectivity index is 2.08. The monoisotopic (exact) mass is 295 g/mol. The molecular weight excluding hydrogens is 274 g/mol. The molecule has 0 bridgehead atoms. The first-order valence-electron chi connectivity index (χ1n) is 7.45. The van der Waals surface area contributed by atoms with Crippen LogP contribution in [0.25, 0.3) is 0 Å². The van der Waals surface area contributed by atoms with Crippen LogP contribution in [0.5, 0.6) is 0 Å². The lowest BCUT2D eigenvalue weighted by Gasteiger charge is -2.20. The van der Waals surface area contributed by atoms with E-state index in [1.807, 2.05) is 36.4 Å². The number of ether oxygens (including phenoxy) is 1. The predicted octanol–water partition coefficient (Wildman–Crippen LogP) is 3.77. The maximum atomic E-state index is 11.5. The van der Waals surface area contributed by atoms with E-state index in [2.05, 4.69) is 29.2 Å². The van der Waals surface area contributed by atoms with E-state index >= 15 is 0 Å². The Morgan fingerprint density at radius 1 is 0.955 bits per heavy atom. The van der Waals surface area contributed by atoms with E-state index in [1.54, 1.807) is 13.1 Å². The smallest absolute Gasteiger partial charge is 0.332 e. The summed E-state index contributed by atoms with van der Waals surface area (Å²) in [6.07, 6.45) is 3.29. The highest BCUT2D eigenvalue weighted by atomic mass is 16.5. The number of hydrogen-bond acceptors (Lipinski definition) is 3. The van der Waals surface area contributed by atoms with E-state index < -0.39 is 0 Å². The first kappa shape index (κ1) is 15.8. The molecule has 114 valence electrons. The van der Waals surface area contributed by atoms with Gasteiger partial charge in [-0.25, -0.2) is 4.79 Å². The molecule has 2 aromatic carbocycles. The molecule has 0 aliphatic carbocycles. The van der Waals surface area contributed by atoms with Crippen molar-refractivity contribution >= 4 is 5.97 Å². The normalized spacial score (nSPS) is 10.6. The molecule has 3 nitrogen and oxygen atoms in total. The van der Waals surface area contributed by atoms with E-state index in [-0.39, 0.29) is 5.97 Å². The molecule has 2 aromatic rings. The minimum Gasteiger partial charge on any atom is -0.463 e. The summed E-state index contributed by atoms with van der Waals surface area (Å²) in [6.45, 7) is 3.68. The van der Waals surface area contributed by atoms with Gasteiger partial charge < -0.3 is 9.64 Å². The lowest BCUT2D eigenvalue weighted by Crippen LogP contribution is -2.17. The fourth-order valence-corrected chi connectivity index (χ4v) is 2.15. The predicted molar refractivity (Wildman–Crippen MR) is 87.9 cm³/mol. The second-order valence-corrected chi connectivity index (χ2v) is 4.94. The maximum Gasteiger partial charge on any atom is 0.332 e. The Kier molecular flexibility index (Phi) is 6.24. The molecular formula is C19H21NO2. The molecule has 0 spiro atoms. The molecule has 0 fully saturated rings. The SMILES string of the molecule is CCOC(=O)/C=C/N(Cc1ccccc1)Cc1ccccc1. The van der Waals surface area contributed by atoms with Gasteiger partial charge in [-0.1, -0.05) is 60.7 Å². The molecule has 0 amide bonds. The lowest BCUT2D eigenvalue weighted by atomic mass is 10.2. The average Bonchev–Trinajstić information content (AvgIpc) is 2.55. The van der Waals surface area contributed by atoms with Crippen LogP contribution in [0.3, 0.4) is 0 Å². The van der Waals surface area contributed by atoms with E-state index in [0.717, 1.165) is 13.1 Å². The first-order valence-corrected chi connectivity index (χ1v) is 7.45. The number of esters is 1. The van der Waals surface area contributed by atoms with Gasteiger partial charge in [0.1, 0.15) is 0 Å². The molecule has 2 rings (SSSR count). The summed E-state index contributed by atoms with van der Waals surface area (Å²) < 4.78 is 4.94. The molecule has 0 N–H and O–H groups in total. The maximum absolute atomic E-state index is 11.5. The molecule has 22 heavy (non-hydrogen) atoms. The Bertz CT molecular complexity index is 552. The molecule has 0 atom stereocenters. The van der Waals surface area contributed by atoms with Crippen molar-refractivity contribution in [2.75, 3.05) is 6.61 Å². The van der Waals surface area contributed by atoms with Crippen molar-refractivity contribution in [3.05, 3.63) is 84.1 Å². The second-order valence-electron chi connectivity index (χ2n) is 4.94. The van der Waals surface area contributed by atoms with Crippen molar-refractivity contribution in [2.24, 2.45) is 0 Å². The number of carbonyl (C=O) groups excluding carboxylic acids is 1. The van der Waals surface area contributed by atoms with E-state index in [9.17, 15) is 4.79 Å². The van der Waals surface area contributed by atoms with Gasteiger partial charge in [-0.05, 0) is 18.1 Å². The molecule has 0 aromatic heterocycles. The highest BCUT2D eigenvalue weighted by molar-refractivity contribution is 5.81. The van der Waals surface area contributed by atoms with Crippen molar-refractivity contribution in [1.29, 1.82) is 0 Å². The van der Waals surface area contributed by atoms with Crippen molar-refractivity contribution in [2.45, 2.75) is 20.0 Å². The molecule has 0 aliphatic heterocycles. The van der Waals surface area contributed by atoms with Gasteiger partial charge >= 0.3 is 5.97 Å². The number of nitrogens with zero attached hydrogens (tertiary/aromatic N) is 1. The van der Waals surface area contributed by atoms with Crippen LogP contribution in [0.2, 0.25) is 0 Å². The van der Waals surface area contributed by atoms with Gasteiger partial charge in [-0.2, -0.15) is 0 Å². The van der Waals surface area contributed by atoms with Gasteiger partial charge in [0.25, 0.3) is 0 Å². The minimum atomic E-state index is -0.311. The summed E-state index contributed by atoms with van der Waals surface area (Å²) in [7, 11) is 0. The third-order valence-electron chi connectivity index (χ3n) is 3.17. The number of carbonyl (C=O) groups is 1. The van der Waals surface area contributed by atoms with Crippen LogP contribution in [-0.2, 0) is 22.6 Å². The molecule has 0 heterocycles. The van der Waals surface area contributed by atoms with Crippen LogP contribution in [0.4, 0.5) is 0 Å². The summed E-state index contributed by atoms with van der Waals surface area (Å²) >= 11 is 0. The summed E-state index contributed by atoms with van der Waals surface area (Å²) in [5.41, 5.74) is 2.40. The van der Waals surface area contributed by atoms with Crippen LogP contribution >= 0.6 is 0 Å². The first-order chi connectivity index (χ1) is 10.8. The zero-order valence-electron chi connectivity index (χ0n) is 12.8. The lowest BCUT2D eigenvalue weighted by molar-refractivity contribution is -0.137. The summed E-state index contributed by atoms with van der Waals surface area (Å²) in [5, 5.41) is 0. The van der Waals surface area contributed by atoms with Gasteiger partial charge in [-0.15, -0.1) is 0 Å². The highest BCUT2D eigenvalue weighted by Crippen LogP contribution is 2.10. The number of rotatable bonds is 7. The van der Waals surface area contributed by atoms with Gasteiger partial charge in [-0.3, -0.25) is 0 Å². The summed E-state index contributed by atoms with van der Waals surface area (Å²) in [6, 6.07) is 20.4. The van der Waals surface area contributed by atoms with Crippen LogP contribution in [-0.4, -0.2) is 17.5 Å². The fraction of sp³-hybridized carbons (Fsp3) is 0.211. The number of benzene rings is 2. The molecule has 0 saturated carbocycles. The minimum absolute atomic E-state index is 0.311. The van der Waals surface area contributed by atoms with E-state index in [1.165, 1.54) is 17.2 Å². The third kappa shape index (κ3) is 5.44. The van der Waals surface area contributed by atoms with Crippen LogP contribution in [0, 0.1) is 0 Å². The van der Waals surface area contributed by atoms with Crippen molar-refractivity contribution < 1.29 is 9.53 Å². The van der Waals surface area contributed by atoms with Crippen molar-refractivity contribution in [3.63, 3.8) is 0 Å². The largest absolute Gasteiger partial charge is 0.463 e. The summed E-state index contributed by atoms with van der Waals surface area (Å²) in [4.78, 5) is 13.6. The zero-order valence-corrected chi connectivity index (χ0v) is 12.8. The Labute approximate surface area is 131 Å². The number of hydrogen-bond donors (Lipinski definition) is 0. The quantitative estimate of drug-likeness (QED) is 0.575. The van der Waals surface area contributed by atoms with Gasteiger partial charge in [0.15, 0.2) is 0 Å². The molecule has 0 aliphatic rings. The Hall–Kier alpha value is -2.55. The van der Waals surface area contributed by atoms with Crippen molar-refractivity contribution in [3.8, 4) is 0 Å². The zero-order chi connectivity index (χ0) is 15.6. The second kappa shape index (κ2) is 8.67. The Morgan fingerprint density at radius 2 is 1.45 bits per heavy atom. The van der Waals surface area contributed by atoms with Crippen LogP contribution in [0.1, 0.15) is 18.1 Å². The van der Waals surface area contributed by atoms with Gasteiger partial charge in [0.2, 0.25) is 0 Å². The standard InChI is InChI=1S/C19H21NO2/c1-2-22-19(21)13-14-20(15-17-9-5-3-6-10-17)16-18-11-7-4-8-12-18/h3-14H,2,15-16H2,1H3/b14-13+. The molecule has 0 unspecified atom stereocenters. The van der Waals surface area contributed by atoms with Crippen LogP contribution < -0.4 is 0 Å². The fourth-order valence-electron chi connectivity index (χ4n) is 2.15. The average molecular weight is 295 g/mol. The summed E-state index contributed by atoms with van der Waals surface area (Å²) in [5.74, 6) is -0.311. The molecule has 0 radical (unpaired) electrons. The van der Waals surface area contributed by atoms with Crippen molar-refractivity contribution in [1.82, 2.24) is 4.90 Å². The van der Waals surface area contributed by atoms with E-state index in [0.29, 0.717) is 6.61 Å². The van der Waals surface area contributed by atoms with Gasteiger partial charge in [0, 0.05) is 25.4 Å². The Morgan fingerprint density at radius 3 is 1.91 bits per heavy atom. The van der Waals surface area contributed by atoms with Crippen LogP contribution in [0.15, 0.2) is 72.9 Å². The highest BCUT2D eigenvalue weighted by Gasteiger charge is 2.04. The third-order valence-corrected chi connectivity index (χ3v) is 3.17.